The first kappa shape index (κ1) is 17.7. The second kappa shape index (κ2) is 6.79. The minimum absolute atomic E-state index is 0.00831. The van der Waals surface area contributed by atoms with Crippen LogP contribution in [0.5, 0.6) is 0 Å². The first-order chi connectivity index (χ1) is 13.0. The SMILES string of the molecule is CCC1=NN2C(=N)/C(=C/c3ccc(-c4ccc(F)c(Cl)c4)o3)C(=O)N=C2S1. The molecular formula is C18H12ClFN4O2S. The molecule has 4 rings (SSSR count). The van der Waals surface area contributed by atoms with Gasteiger partial charge in [0.15, 0.2) is 5.84 Å². The quantitative estimate of drug-likeness (QED) is 0.750. The summed E-state index contributed by atoms with van der Waals surface area (Å²) in [4.78, 5) is 16.3. The smallest absolute Gasteiger partial charge is 0.283 e. The van der Waals surface area contributed by atoms with Crippen molar-refractivity contribution >= 4 is 51.4 Å². The van der Waals surface area contributed by atoms with Crippen molar-refractivity contribution < 1.29 is 13.6 Å². The van der Waals surface area contributed by atoms with E-state index < -0.39 is 11.7 Å². The zero-order valence-electron chi connectivity index (χ0n) is 14.0. The van der Waals surface area contributed by atoms with Gasteiger partial charge in [-0.3, -0.25) is 10.2 Å². The predicted molar refractivity (Wildman–Crippen MR) is 104 cm³/mol. The average molecular weight is 403 g/mol. The summed E-state index contributed by atoms with van der Waals surface area (Å²) >= 11 is 7.09. The van der Waals surface area contributed by atoms with Crippen molar-refractivity contribution in [3.63, 3.8) is 0 Å². The van der Waals surface area contributed by atoms with E-state index in [-0.39, 0.29) is 16.4 Å². The fraction of sp³-hybridized carbons (Fsp3) is 0.111. The van der Waals surface area contributed by atoms with Crippen LogP contribution in [-0.2, 0) is 4.79 Å². The van der Waals surface area contributed by atoms with Crippen molar-refractivity contribution in [3.8, 4) is 11.3 Å². The maximum absolute atomic E-state index is 13.3. The molecule has 6 nitrogen and oxygen atoms in total. The number of thioether (sulfide) groups is 1. The van der Waals surface area contributed by atoms with Gasteiger partial charge < -0.3 is 4.42 Å². The van der Waals surface area contributed by atoms with Crippen LogP contribution in [0.4, 0.5) is 4.39 Å². The molecule has 0 fully saturated rings. The lowest BCUT2D eigenvalue weighted by atomic mass is 10.1. The standard InChI is InChI=1S/C18H12ClFN4O2S/c1-2-15-23-24-16(21)11(17(25)22-18(24)27-15)8-10-4-6-14(26-10)9-3-5-13(20)12(19)7-9/h3-8,21H,2H2,1H3/b11-8-,21-16?. The fourth-order valence-corrected chi connectivity index (χ4v) is 3.56. The number of rotatable bonds is 3. The van der Waals surface area contributed by atoms with E-state index in [2.05, 4.69) is 10.1 Å². The molecule has 1 aromatic heterocycles. The van der Waals surface area contributed by atoms with Gasteiger partial charge in [0.2, 0.25) is 5.17 Å². The number of nitrogens with zero attached hydrogens (tertiary/aromatic N) is 3. The van der Waals surface area contributed by atoms with E-state index in [0.717, 1.165) is 5.04 Å². The molecule has 9 heteroatoms. The van der Waals surface area contributed by atoms with Crippen molar-refractivity contribution in [2.75, 3.05) is 0 Å². The lowest BCUT2D eigenvalue weighted by molar-refractivity contribution is -0.114. The summed E-state index contributed by atoms with van der Waals surface area (Å²) in [6.45, 7) is 1.94. The Balaban J connectivity index is 1.65. The molecule has 0 saturated carbocycles. The third-order valence-corrected chi connectivity index (χ3v) is 5.26. The molecule has 1 amide bonds. The van der Waals surface area contributed by atoms with E-state index in [4.69, 9.17) is 21.4 Å². The number of carbonyl (C=O) groups excluding carboxylic acids is 1. The third kappa shape index (κ3) is 3.22. The van der Waals surface area contributed by atoms with Crippen LogP contribution in [0.15, 0.2) is 50.4 Å². The van der Waals surface area contributed by atoms with E-state index in [9.17, 15) is 9.18 Å². The van der Waals surface area contributed by atoms with Gasteiger partial charge in [0.05, 0.1) is 10.6 Å². The van der Waals surface area contributed by atoms with Crippen molar-refractivity contribution in [1.29, 1.82) is 5.41 Å². The fourth-order valence-electron chi connectivity index (χ4n) is 2.55. The highest BCUT2D eigenvalue weighted by Gasteiger charge is 2.35. The number of aliphatic imine (C=N–C) groups is 1. The molecule has 2 aliphatic heterocycles. The molecule has 0 bridgehead atoms. The van der Waals surface area contributed by atoms with Crippen LogP contribution >= 0.6 is 23.4 Å². The highest BCUT2D eigenvalue weighted by atomic mass is 35.5. The van der Waals surface area contributed by atoms with Crippen LogP contribution < -0.4 is 0 Å². The number of nitrogens with one attached hydrogen (secondary N) is 1. The number of hydrazone groups is 1. The molecule has 2 aliphatic rings. The molecule has 0 saturated heterocycles. The Morgan fingerprint density at radius 3 is 2.93 bits per heavy atom. The number of hydrogen-bond donors (Lipinski definition) is 1. The number of fused-ring (bicyclic) bond motifs is 1. The molecule has 0 spiro atoms. The number of benzene rings is 1. The maximum atomic E-state index is 13.3. The highest BCUT2D eigenvalue weighted by molar-refractivity contribution is 8.26. The second-order valence-electron chi connectivity index (χ2n) is 5.70. The Bertz CT molecular complexity index is 1070. The highest BCUT2D eigenvalue weighted by Crippen LogP contribution is 2.31. The lowest BCUT2D eigenvalue weighted by Crippen LogP contribution is -2.35. The zero-order chi connectivity index (χ0) is 19.1. The summed E-state index contributed by atoms with van der Waals surface area (Å²) in [6, 6.07) is 7.59. The van der Waals surface area contributed by atoms with E-state index in [1.807, 2.05) is 6.92 Å². The summed E-state index contributed by atoms with van der Waals surface area (Å²) in [5.41, 5.74) is 0.683. The summed E-state index contributed by atoms with van der Waals surface area (Å²) in [6.07, 6.45) is 2.15. The Kier molecular flexibility index (Phi) is 4.45. The molecule has 0 aliphatic carbocycles. The Morgan fingerprint density at radius 1 is 1.37 bits per heavy atom. The molecule has 1 N–H and O–H groups in total. The number of carbonyl (C=O) groups is 1. The summed E-state index contributed by atoms with van der Waals surface area (Å²) in [5.74, 6) is -0.257. The van der Waals surface area contributed by atoms with Gasteiger partial charge in [-0.05, 0) is 54.6 Å². The summed E-state index contributed by atoms with van der Waals surface area (Å²) in [7, 11) is 0. The van der Waals surface area contributed by atoms with E-state index in [1.165, 1.54) is 35.0 Å². The molecule has 136 valence electrons. The van der Waals surface area contributed by atoms with Gasteiger partial charge in [0, 0.05) is 5.56 Å². The number of furan rings is 1. The zero-order valence-corrected chi connectivity index (χ0v) is 15.6. The number of halogens is 2. The first-order valence-corrected chi connectivity index (χ1v) is 9.20. The maximum Gasteiger partial charge on any atom is 0.283 e. The van der Waals surface area contributed by atoms with Crippen molar-refractivity contribution in [1.82, 2.24) is 5.01 Å². The first-order valence-electron chi connectivity index (χ1n) is 8.00. The van der Waals surface area contributed by atoms with E-state index in [0.29, 0.717) is 28.7 Å². The van der Waals surface area contributed by atoms with Crippen LogP contribution in [0.3, 0.4) is 0 Å². The Hall–Kier alpha value is -2.71. The molecule has 0 unspecified atom stereocenters. The molecule has 3 heterocycles. The van der Waals surface area contributed by atoms with Crippen LogP contribution in [0.25, 0.3) is 17.4 Å². The van der Waals surface area contributed by atoms with Gasteiger partial charge in [-0.2, -0.15) is 15.1 Å². The summed E-state index contributed by atoms with van der Waals surface area (Å²) in [5, 5.41) is 15.1. The summed E-state index contributed by atoms with van der Waals surface area (Å²) < 4.78 is 19.0. The molecule has 1 aromatic carbocycles. The van der Waals surface area contributed by atoms with Crippen molar-refractivity contribution in [2.45, 2.75) is 13.3 Å². The minimum atomic E-state index is -0.519. The largest absolute Gasteiger partial charge is 0.457 e. The monoisotopic (exact) mass is 402 g/mol. The van der Waals surface area contributed by atoms with Gasteiger partial charge in [-0.1, -0.05) is 18.5 Å². The molecule has 0 atom stereocenters. The van der Waals surface area contributed by atoms with E-state index in [1.54, 1.807) is 18.2 Å². The topological polar surface area (TPSA) is 82.0 Å². The van der Waals surface area contributed by atoms with Gasteiger partial charge >= 0.3 is 0 Å². The van der Waals surface area contributed by atoms with Crippen LogP contribution in [0, 0.1) is 11.2 Å². The van der Waals surface area contributed by atoms with Gasteiger partial charge in [-0.25, -0.2) is 4.39 Å². The van der Waals surface area contributed by atoms with Crippen LogP contribution in [-0.4, -0.2) is 27.0 Å². The molecule has 0 radical (unpaired) electrons. The second-order valence-corrected chi connectivity index (χ2v) is 7.15. The normalized spacial score (nSPS) is 18.0. The van der Waals surface area contributed by atoms with Crippen LogP contribution in [0.2, 0.25) is 5.02 Å². The van der Waals surface area contributed by atoms with Crippen molar-refractivity contribution in [2.24, 2.45) is 10.1 Å². The minimum Gasteiger partial charge on any atom is -0.457 e. The Morgan fingerprint density at radius 2 is 2.19 bits per heavy atom. The Labute approximate surface area is 162 Å². The number of amidine groups is 2. The molecule has 27 heavy (non-hydrogen) atoms. The number of amides is 1. The van der Waals surface area contributed by atoms with Gasteiger partial charge in [0.25, 0.3) is 5.91 Å². The van der Waals surface area contributed by atoms with Crippen molar-refractivity contribution in [3.05, 3.63) is 52.5 Å². The number of hydrogen-bond acceptors (Lipinski definition) is 5. The average Bonchev–Trinajstić information content (AvgIpc) is 3.28. The van der Waals surface area contributed by atoms with E-state index >= 15 is 0 Å². The van der Waals surface area contributed by atoms with Gasteiger partial charge in [0.1, 0.15) is 22.4 Å². The predicted octanol–water partition coefficient (Wildman–Crippen LogP) is 4.77. The molecular weight excluding hydrogens is 391 g/mol. The third-order valence-electron chi connectivity index (χ3n) is 3.92. The van der Waals surface area contributed by atoms with Crippen LogP contribution in [0.1, 0.15) is 19.1 Å². The lowest BCUT2D eigenvalue weighted by Gasteiger charge is -2.19. The van der Waals surface area contributed by atoms with Gasteiger partial charge in [-0.15, -0.1) is 0 Å². The molecule has 2 aromatic rings.